The normalized spacial score (nSPS) is 12.7. The van der Waals surface area contributed by atoms with E-state index in [9.17, 15) is 19.8 Å². The summed E-state index contributed by atoms with van der Waals surface area (Å²) in [7, 11) is 0. The molecule has 0 aromatic rings. The zero-order valence-electron chi connectivity index (χ0n) is 43.7. The van der Waals surface area contributed by atoms with Crippen LogP contribution in [0.4, 0.5) is 0 Å². The van der Waals surface area contributed by atoms with Gasteiger partial charge in [-0.15, -0.1) is 0 Å². The van der Waals surface area contributed by atoms with Crippen LogP contribution in [-0.2, 0) is 14.3 Å². The molecule has 0 bridgehead atoms. The Morgan fingerprint density at radius 3 is 1.12 bits per heavy atom. The first-order valence-electron chi connectivity index (χ1n) is 29.1. The lowest BCUT2D eigenvalue weighted by Crippen LogP contribution is -2.45. The SMILES string of the molecule is CCCCC/C=C\CCCCCCCC(=O)OCCCCCCCCCCCCCC/C=C\CCCCCCCCCCC(=O)NC(CO)C(O)CCCCCCCCCCCCCC. The van der Waals surface area contributed by atoms with Gasteiger partial charge < -0.3 is 20.3 Å². The molecule has 0 saturated carbocycles. The van der Waals surface area contributed by atoms with Gasteiger partial charge >= 0.3 is 5.97 Å². The molecule has 0 aliphatic carbocycles. The lowest BCUT2D eigenvalue weighted by molar-refractivity contribution is -0.143. The second-order valence-corrected chi connectivity index (χ2v) is 20.0. The molecule has 0 aromatic heterocycles. The molecule has 2 atom stereocenters. The molecule has 0 saturated heterocycles. The van der Waals surface area contributed by atoms with Crippen molar-refractivity contribution in [2.45, 2.75) is 328 Å². The van der Waals surface area contributed by atoms with Gasteiger partial charge in [-0.3, -0.25) is 9.59 Å². The van der Waals surface area contributed by atoms with Gasteiger partial charge in [0.1, 0.15) is 0 Å². The van der Waals surface area contributed by atoms with Crippen LogP contribution in [0, 0.1) is 0 Å². The zero-order valence-corrected chi connectivity index (χ0v) is 43.7. The van der Waals surface area contributed by atoms with E-state index in [-0.39, 0.29) is 18.5 Å². The number of nitrogens with one attached hydrogen (secondary N) is 1. The first-order valence-corrected chi connectivity index (χ1v) is 29.1. The number of esters is 1. The van der Waals surface area contributed by atoms with E-state index < -0.39 is 12.1 Å². The fraction of sp³-hybridized carbons (Fsp3) is 0.898. The largest absolute Gasteiger partial charge is 0.466 e. The van der Waals surface area contributed by atoms with Crippen LogP contribution >= 0.6 is 0 Å². The molecule has 1 amide bonds. The number of hydrogen-bond donors (Lipinski definition) is 3. The summed E-state index contributed by atoms with van der Waals surface area (Å²) in [4.78, 5) is 24.4. The van der Waals surface area contributed by atoms with Gasteiger partial charge in [-0.1, -0.05) is 250 Å². The number of carbonyl (C=O) groups excluding carboxylic acids is 2. The number of ether oxygens (including phenoxy) is 1. The summed E-state index contributed by atoms with van der Waals surface area (Å²) >= 11 is 0. The van der Waals surface area contributed by atoms with E-state index in [0.717, 1.165) is 44.9 Å². The Hall–Kier alpha value is -1.66. The highest BCUT2D eigenvalue weighted by atomic mass is 16.5. The van der Waals surface area contributed by atoms with Crippen LogP contribution in [0.2, 0.25) is 0 Å². The van der Waals surface area contributed by atoms with Crippen molar-refractivity contribution in [3.8, 4) is 0 Å². The van der Waals surface area contributed by atoms with Crippen LogP contribution in [0.25, 0.3) is 0 Å². The molecule has 384 valence electrons. The number of aliphatic hydroxyl groups excluding tert-OH is 2. The van der Waals surface area contributed by atoms with Crippen LogP contribution in [0.5, 0.6) is 0 Å². The van der Waals surface area contributed by atoms with E-state index in [4.69, 9.17) is 4.74 Å². The maximum atomic E-state index is 12.4. The molecule has 0 heterocycles. The van der Waals surface area contributed by atoms with E-state index >= 15 is 0 Å². The highest BCUT2D eigenvalue weighted by Crippen LogP contribution is 2.17. The minimum absolute atomic E-state index is 0.00238. The highest BCUT2D eigenvalue weighted by Gasteiger charge is 2.20. The van der Waals surface area contributed by atoms with Crippen molar-refractivity contribution in [1.29, 1.82) is 0 Å². The van der Waals surface area contributed by atoms with Crippen LogP contribution < -0.4 is 5.32 Å². The summed E-state index contributed by atoms with van der Waals surface area (Å²) < 4.78 is 5.46. The number of allylic oxidation sites excluding steroid dienone is 4. The lowest BCUT2D eigenvalue weighted by Gasteiger charge is -2.22. The maximum Gasteiger partial charge on any atom is 0.305 e. The molecule has 2 unspecified atom stereocenters. The van der Waals surface area contributed by atoms with E-state index in [1.807, 2.05) is 0 Å². The van der Waals surface area contributed by atoms with Crippen molar-refractivity contribution in [2.75, 3.05) is 13.2 Å². The van der Waals surface area contributed by atoms with Gasteiger partial charge in [0.2, 0.25) is 5.91 Å². The smallest absolute Gasteiger partial charge is 0.305 e. The van der Waals surface area contributed by atoms with Gasteiger partial charge in [0.15, 0.2) is 0 Å². The number of hydrogen-bond acceptors (Lipinski definition) is 5. The molecule has 0 aliphatic rings. The molecular weight excluding hydrogens is 803 g/mol. The molecule has 0 fully saturated rings. The molecule has 6 nitrogen and oxygen atoms in total. The minimum atomic E-state index is -0.665. The average molecular weight is 917 g/mol. The van der Waals surface area contributed by atoms with Gasteiger partial charge in [-0.25, -0.2) is 0 Å². The van der Waals surface area contributed by atoms with Crippen molar-refractivity contribution in [3.63, 3.8) is 0 Å². The van der Waals surface area contributed by atoms with E-state index in [0.29, 0.717) is 25.9 Å². The molecule has 0 aliphatic heterocycles. The predicted molar refractivity (Wildman–Crippen MR) is 283 cm³/mol. The summed E-state index contributed by atoms with van der Waals surface area (Å²) in [5.74, 6) is -0.0371. The minimum Gasteiger partial charge on any atom is -0.466 e. The van der Waals surface area contributed by atoms with Crippen LogP contribution in [0.3, 0.4) is 0 Å². The fourth-order valence-corrected chi connectivity index (χ4v) is 8.98. The Labute approximate surface area is 405 Å². The van der Waals surface area contributed by atoms with Crippen molar-refractivity contribution in [2.24, 2.45) is 0 Å². The summed E-state index contributed by atoms with van der Waals surface area (Å²) in [5, 5.41) is 23.2. The number of unbranched alkanes of at least 4 members (excludes halogenated alkanes) is 39. The number of carbonyl (C=O) groups is 2. The van der Waals surface area contributed by atoms with Gasteiger partial charge in [-0.05, 0) is 77.0 Å². The van der Waals surface area contributed by atoms with Gasteiger partial charge in [0.05, 0.1) is 25.4 Å². The number of rotatable bonds is 54. The molecule has 0 rings (SSSR count). The molecule has 6 heteroatoms. The Balaban J connectivity index is 3.39. The maximum absolute atomic E-state index is 12.4. The molecule has 65 heavy (non-hydrogen) atoms. The van der Waals surface area contributed by atoms with Gasteiger partial charge in [0, 0.05) is 12.8 Å². The van der Waals surface area contributed by atoms with Crippen molar-refractivity contribution < 1.29 is 24.5 Å². The van der Waals surface area contributed by atoms with Crippen LogP contribution in [0.1, 0.15) is 316 Å². The van der Waals surface area contributed by atoms with E-state index in [1.165, 1.54) is 238 Å². The van der Waals surface area contributed by atoms with E-state index in [1.54, 1.807) is 0 Å². The topological polar surface area (TPSA) is 95.9 Å². The second-order valence-electron chi connectivity index (χ2n) is 20.0. The molecular formula is C59H113NO5. The second kappa shape index (κ2) is 54.9. The van der Waals surface area contributed by atoms with Gasteiger partial charge in [-0.2, -0.15) is 0 Å². The Bertz CT molecular complexity index is 1010. The fourth-order valence-electron chi connectivity index (χ4n) is 8.98. The van der Waals surface area contributed by atoms with Crippen molar-refractivity contribution in [3.05, 3.63) is 24.3 Å². The first-order chi connectivity index (χ1) is 32.0. The molecule has 0 spiro atoms. The molecule has 0 radical (unpaired) electrons. The first kappa shape index (κ1) is 63.3. The van der Waals surface area contributed by atoms with Crippen LogP contribution in [0.15, 0.2) is 24.3 Å². The third-order valence-corrected chi connectivity index (χ3v) is 13.5. The summed E-state index contributed by atoms with van der Waals surface area (Å²) in [6.45, 7) is 4.93. The Kier molecular flexibility index (Phi) is 53.5. The van der Waals surface area contributed by atoms with E-state index in [2.05, 4.69) is 43.5 Å². The lowest BCUT2D eigenvalue weighted by atomic mass is 10.0. The molecule has 0 aromatic carbocycles. The Morgan fingerprint density at radius 1 is 0.415 bits per heavy atom. The summed E-state index contributed by atoms with van der Waals surface area (Å²) in [6, 6.07) is -0.543. The Morgan fingerprint density at radius 2 is 0.723 bits per heavy atom. The third kappa shape index (κ3) is 51.6. The monoisotopic (exact) mass is 916 g/mol. The average Bonchev–Trinajstić information content (AvgIpc) is 3.31. The summed E-state index contributed by atoms with van der Waals surface area (Å²) in [6.07, 6.45) is 66.1. The summed E-state index contributed by atoms with van der Waals surface area (Å²) in [5.41, 5.74) is 0. The standard InChI is InChI=1S/C59H113NO5/c1-3-5-7-9-11-13-15-31-35-39-43-47-51-57(62)56(55-61)60-58(63)52-48-44-40-36-32-29-27-25-23-21-19-17-18-20-22-24-26-28-30-34-38-42-46-50-54-65-59(64)53-49-45-41-37-33-16-14-12-10-8-6-4-2/h12,14,19,21,56-57,61-62H,3-11,13,15-18,20,22-55H2,1-2H3,(H,60,63)/b14-12-,21-19-. The zero-order chi connectivity index (χ0) is 47.2. The van der Waals surface area contributed by atoms with Crippen molar-refractivity contribution >= 4 is 11.9 Å². The quantitative estimate of drug-likeness (QED) is 0.0321. The highest BCUT2D eigenvalue weighted by molar-refractivity contribution is 5.76. The van der Waals surface area contributed by atoms with Crippen LogP contribution in [-0.4, -0.2) is 47.4 Å². The third-order valence-electron chi connectivity index (χ3n) is 13.5. The predicted octanol–water partition coefficient (Wildman–Crippen LogP) is 17.9. The number of amides is 1. The van der Waals surface area contributed by atoms with Gasteiger partial charge in [0.25, 0.3) is 0 Å². The van der Waals surface area contributed by atoms with Crippen molar-refractivity contribution in [1.82, 2.24) is 5.32 Å². The number of aliphatic hydroxyl groups is 2. The molecule has 3 N–H and O–H groups in total.